The molecule has 0 saturated carbocycles. The van der Waals surface area contributed by atoms with Gasteiger partial charge in [-0.25, -0.2) is 0 Å². The Labute approximate surface area is 75.0 Å². The van der Waals surface area contributed by atoms with Gasteiger partial charge >= 0.3 is 5.97 Å². The van der Waals surface area contributed by atoms with Crippen LogP contribution in [0.5, 0.6) is 0 Å². The second-order valence-electron chi connectivity index (χ2n) is 2.00. The zero-order valence-electron chi connectivity index (χ0n) is 7.05. The van der Waals surface area contributed by atoms with Crippen molar-refractivity contribution in [2.24, 2.45) is 0 Å². The number of rotatable bonds is 8. The number of aliphatic carboxylic acids is 1. The largest absolute Gasteiger partial charge is 0.480 e. The standard InChI is InChI=1S/C6H13NO6/c8-1-3-12-7(5-6(10)11)13-4-2-9/h8-9H,1-5H2,(H,10,11). The van der Waals surface area contributed by atoms with Gasteiger partial charge in [0.15, 0.2) is 0 Å². The van der Waals surface area contributed by atoms with Crippen LogP contribution in [0.3, 0.4) is 0 Å². The van der Waals surface area contributed by atoms with Crippen LogP contribution in [-0.2, 0) is 14.5 Å². The molecule has 0 spiro atoms. The maximum absolute atomic E-state index is 10.2. The summed E-state index contributed by atoms with van der Waals surface area (Å²) >= 11 is 0. The summed E-state index contributed by atoms with van der Waals surface area (Å²) in [5, 5.41) is 25.8. The molecule has 78 valence electrons. The SMILES string of the molecule is O=C(O)CN(OCCO)OCCO. The lowest BCUT2D eigenvalue weighted by atomic mass is 10.7. The van der Waals surface area contributed by atoms with Gasteiger partial charge in [0.2, 0.25) is 0 Å². The molecule has 0 radical (unpaired) electrons. The maximum atomic E-state index is 10.2. The van der Waals surface area contributed by atoms with Crippen molar-refractivity contribution in [2.45, 2.75) is 0 Å². The number of carbonyl (C=O) groups is 1. The van der Waals surface area contributed by atoms with Gasteiger partial charge in [-0.15, -0.1) is 0 Å². The molecule has 13 heavy (non-hydrogen) atoms. The van der Waals surface area contributed by atoms with Crippen molar-refractivity contribution in [3.05, 3.63) is 0 Å². The highest BCUT2D eigenvalue weighted by molar-refractivity contribution is 5.68. The van der Waals surface area contributed by atoms with E-state index in [1.807, 2.05) is 0 Å². The minimum atomic E-state index is -1.13. The fourth-order valence-electron chi connectivity index (χ4n) is 0.524. The molecule has 3 N–H and O–H groups in total. The molecule has 0 aliphatic carbocycles. The molecule has 7 heteroatoms. The molecule has 0 aromatic rings. The maximum Gasteiger partial charge on any atom is 0.322 e. The quantitative estimate of drug-likeness (QED) is 0.394. The highest BCUT2D eigenvalue weighted by Crippen LogP contribution is 1.91. The molecule has 0 aromatic heterocycles. The van der Waals surface area contributed by atoms with E-state index in [4.69, 9.17) is 15.3 Å². The molecule has 0 aliphatic rings. The highest BCUT2D eigenvalue weighted by atomic mass is 16.9. The topological polar surface area (TPSA) is 99.5 Å². The first-order valence-electron chi connectivity index (χ1n) is 3.67. The fraction of sp³-hybridized carbons (Fsp3) is 0.833. The molecule has 0 aliphatic heterocycles. The molecule has 0 atom stereocenters. The van der Waals surface area contributed by atoms with Crippen LogP contribution in [0.1, 0.15) is 0 Å². The lowest BCUT2D eigenvalue weighted by Crippen LogP contribution is -2.32. The molecule has 0 amide bonds. The van der Waals surface area contributed by atoms with Crippen molar-refractivity contribution < 1.29 is 29.8 Å². The summed E-state index contributed by atoms with van der Waals surface area (Å²) in [5.41, 5.74) is 0. The van der Waals surface area contributed by atoms with Gasteiger partial charge in [0.25, 0.3) is 0 Å². The third-order valence-corrected chi connectivity index (χ3v) is 0.917. The summed E-state index contributed by atoms with van der Waals surface area (Å²) in [7, 11) is 0. The fourth-order valence-corrected chi connectivity index (χ4v) is 0.524. The van der Waals surface area contributed by atoms with Crippen LogP contribution < -0.4 is 0 Å². The van der Waals surface area contributed by atoms with E-state index in [0.717, 1.165) is 0 Å². The van der Waals surface area contributed by atoms with Gasteiger partial charge in [0.1, 0.15) is 6.54 Å². The first-order valence-corrected chi connectivity index (χ1v) is 3.67. The first kappa shape index (κ1) is 12.3. The average molecular weight is 195 g/mol. The van der Waals surface area contributed by atoms with Crippen molar-refractivity contribution in [1.82, 2.24) is 5.23 Å². The predicted molar refractivity (Wildman–Crippen MR) is 40.4 cm³/mol. The number of hydrogen-bond donors (Lipinski definition) is 3. The number of carboxylic acids is 1. The molecule has 0 unspecified atom stereocenters. The second kappa shape index (κ2) is 7.90. The van der Waals surface area contributed by atoms with E-state index in [0.29, 0.717) is 5.23 Å². The van der Waals surface area contributed by atoms with Crippen LogP contribution in [-0.4, -0.2) is 59.5 Å². The van der Waals surface area contributed by atoms with E-state index in [1.54, 1.807) is 0 Å². The molecule has 0 saturated heterocycles. The number of hydrogen-bond acceptors (Lipinski definition) is 6. The van der Waals surface area contributed by atoms with Crippen LogP contribution in [0.4, 0.5) is 0 Å². The van der Waals surface area contributed by atoms with E-state index in [1.165, 1.54) is 0 Å². The van der Waals surface area contributed by atoms with Gasteiger partial charge in [0, 0.05) is 0 Å². The first-order chi connectivity index (χ1) is 6.20. The minimum Gasteiger partial charge on any atom is -0.480 e. The Morgan fingerprint density at radius 1 is 1.15 bits per heavy atom. The number of aliphatic hydroxyl groups is 2. The summed E-state index contributed by atoms with van der Waals surface area (Å²) in [6.07, 6.45) is 0. The van der Waals surface area contributed by atoms with Crippen LogP contribution in [0.15, 0.2) is 0 Å². The highest BCUT2D eigenvalue weighted by Gasteiger charge is 2.10. The Balaban J connectivity index is 3.66. The number of hydroxylamine groups is 2. The molecule has 0 fully saturated rings. The van der Waals surface area contributed by atoms with Crippen LogP contribution in [0.25, 0.3) is 0 Å². The second-order valence-corrected chi connectivity index (χ2v) is 2.00. The normalized spacial score (nSPS) is 10.7. The summed E-state index contributed by atoms with van der Waals surface area (Å²) in [5.74, 6) is -1.13. The Hall–Kier alpha value is -0.730. The third-order valence-electron chi connectivity index (χ3n) is 0.917. The van der Waals surface area contributed by atoms with Crippen LogP contribution >= 0.6 is 0 Å². The average Bonchev–Trinajstić information content (AvgIpc) is 2.09. The molecular formula is C6H13NO6. The van der Waals surface area contributed by atoms with E-state index < -0.39 is 12.5 Å². The Morgan fingerprint density at radius 3 is 1.92 bits per heavy atom. The van der Waals surface area contributed by atoms with Crippen molar-refractivity contribution in [3.63, 3.8) is 0 Å². The minimum absolute atomic E-state index is 0.0568. The van der Waals surface area contributed by atoms with Gasteiger partial charge < -0.3 is 15.3 Å². The molecular weight excluding hydrogens is 182 g/mol. The zero-order valence-corrected chi connectivity index (χ0v) is 7.05. The van der Waals surface area contributed by atoms with Gasteiger partial charge in [-0.2, -0.15) is 0 Å². The molecule has 0 bridgehead atoms. The lowest BCUT2D eigenvalue weighted by Gasteiger charge is -2.17. The summed E-state index contributed by atoms with van der Waals surface area (Å²) < 4.78 is 0. The molecule has 7 nitrogen and oxygen atoms in total. The lowest BCUT2D eigenvalue weighted by molar-refractivity contribution is -0.367. The summed E-state index contributed by atoms with van der Waals surface area (Å²) in [4.78, 5) is 19.6. The predicted octanol–water partition coefficient (Wildman–Crippen LogP) is -1.78. The van der Waals surface area contributed by atoms with Crippen LogP contribution in [0, 0.1) is 0 Å². The van der Waals surface area contributed by atoms with Crippen molar-refractivity contribution in [2.75, 3.05) is 33.0 Å². The summed E-state index contributed by atoms with van der Waals surface area (Å²) in [6.45, 7) is -1.06. The van der Waals surface area contributed by atoms with Crippen molar-refractivity contribution in [3.8, 4) is 0 Å². The van der Waals surface area contributed by atoms with Crippen molar-refractivity contribution >= 4 is 5.97 Å². The number of nitrogens with zero attached hydrogens (tertiary/aromatic N) is 1. The van der Waals surface area contributed by atoms with E-state index in [9.17, 15) is 4.79 Å². The molecule has 0 heterocycles. The van der Waals surface area contributed by atoms with Gasteiger partial charge in [-0.1, -0.05) is 5.23 Å². The molecule has 0 aromatic carbocycles. The Kier molecular flexibility index (Phi) is 7.45. The Bertz CT molecular complexity index is 133. The van der Waals surface area contributed by atoms with Gasteiger partial charge in [-0.05, 0) is 0 Å². The molecule has 0 rings (SSSR count). The van der Waals surface area contributed by atoms with Crippen molar-refractivity contribution in [1.29, 1.82) is 0 Å². The zero-order chi connectivity index (χ0) is 10.1. The van der Waals surface area contributed by atoms with E-state index >= 15 is 0 Å². The Morgan fingerprint density at radius 2 is 1.62 bits per heavy atom. The monoisotopic (exact) mass is 195 g/mol. The number of carboxylic acid groups (broad SMARTS) is 1. The van der Waals surface area contributed by atoms with Gasteiger partial charge in [0.05, 0.1) is 26.4 Å². The van der Waals surface area contributed by atoms with Gasteiger partial charge in [-0.3, -0.25) is 14.5 Å². The summed E-state index contributed by atoms with van der Waals surface area (Å²) in [6, 6.07) is 0. The number of aliphatic hydroxyl groups excluding tert-OH is 2. The van der Waals surface area contributed by atoms with E-state index in [2.05, 4.69) is 9.68 Å². The van der Waals surface area contributed by atoms with E-state index in [-0.39, 0.29) is 26.4 Å². The smallest absolute Gasteiger partial charge is 0.322 e. The third kappa shape index (κ3) is 7.62. The van der Waals surface area contributed by atoms with Crippen LogP contribution in [0.2, 0.25) is 0 Å².